The van der Waals surface area contributed by atoms with Gasteiger partial charge in [0, 0.05) is 0 Å². The summed E-state index contributed by atoms with van der Waals surface area (Å²) >= 11 is 0. The Bertz CT molecular complexity index is 632. The minimum absolute atomic E-state index is 0.0625. The van der Waals surface area contributed by atoms with Crippen molar-refractivity contribution in [3.8, 4) is 12.3 Å². The van der Waals surface area contributed by atoms with E-state index in [2.05, 4.69) is 10.9 Å². The number of nitrogens with zero attached hydrogens (tertiary/aromatic N) is 2. The van der Waals surface area contributed by atoms with E-state index in [1.165, 1.54) is 0 Å². The summed E-state index contributed by atoms with van der Waals surface area (Å²) in [5.41, 5.74) is 0.904. The SMILES string of the molecule is C#CCC(OC(=O)C1C(C=C(C)C)C1(C)C)N1C(=O)C=NC1=O. The molecule has 0 aromatic carbocycles. The molecule has 3 unspecified atom stereocenters. The van der Waals surface area contributed by atoms with Crippen molar-refractivity contribution in [2.75, 3.05) is 0 Å². The number of carbonyl (C=O) groups is 3. The van der Waals surface area contributed by atoms with E-state index >= 15 is 0 Å². The van der Waals surface area contributed by atoms with Crippen molar-refractivity contribution in [3.63, 3.8) is 0 Å². The summed E-state index contributed by atoms with van der Waals surface area (Å²) in [6.07, 6.45) is 7.02. The average molecular weight is 316 g/mol. The predicted octanol–water partition coefficient (Wildman–Crippen LogP) is 2.15. The minimum atomic E-state index is -1.11. The Morgan fingerprint density at radius 1 is 1.52 bits per heavy atom. The number of amides is 3. The molecule has 1 saturated carbocycles. The molecule has 23 heavy (non-hydrogen) atoms. The Kier molecular flexibility index (Phi) is 4.42. The van der Waals surface area contributed by atoms with E-state index in [-0.39, 0.29) is 23.7 Å². The lowest BCUT2D eigenvalue weighted by atomic mass is 10.1. The maximum absolute atomic E-state index is 12.5. The molecule has 122 valence electrons. The lowest BCUT2D eigenvalue weighted by Crippen LogP contribution is -2.43. The summed E-state index contributed by atoms with van der Waals surface area (Å²) in [6, 6.07) is -0.765. The molecule has 6 nitrogen and oxygen atoms in total. The predicted molar refractivity (Wildman–Crippen MR) is 84.3 cm³/mol. The van der Waals surface area contributed by atoms with Gasteiger partial charge in [-0.3, -0.25) is 9.59 Å². The fraction of sp³-hybridized carbons (Fsp3) is 0.529. The molecule has 2 aliphatic rings. The van der Waals surface area contributed by atoms with Crippen LogP contribution in [0.5, 0.6) is 0 Å². The molecule has 3 atom stereocenters. The number of rotatable bonds is 5. The highest BCUT2D eigenvalue weighted by atomic mass is 16.6. The van der Waals surface area contributed by atoms with E-state index < -0.39 is 24.1 Å². The molecule has 1 aliphatic heterocycles. The summed E-state index contributed by atoms with van der Waals surface area (Å²) in [5.74, 6) is 1.01. The molecule has 0 aromatic heterocycles. The normalized spacial score (nSPS) is 25.8. The van der Waals surface area contributed by atoms with Gasteiger partial charge in [-0.05, 0) is 25.2 Å². The molecule has 0 radical (unpaired) electrons. The van der Waals surface area contributed by atoms with E-state index in [1.54, 1.807) is 0 Å². The molecule has 0 aromatic rings. The van der Waals surface area contributed by atoms with Gasteiger partial charge in [0.25, 0.3) is 5.91 Å². The van der Waals surface area contributed by atoms with Crippen LogP contribution in [-0.2, 0) is 14.3 Å². The zero-order valence-electron chi connectivity index (χ0n) is 13.7. The Labute approximate surface area is 135 Å². The van der Waals surface area contributed by atoms with Crippen LogP contribution in [0, 0.1) is 29.6 Å². The van der Waals surface area contributed by atoms with Crippen LogP contribution in [0.4, 0.5) is 4.79 Å². The van der Waals surface area contributed by atoms with Gasteiger partial charge < -0.3 is 4.74 Å². The first kappa shape index (κ1) is 16.9. The third-order valence-electron chi connectivity index (χ3n) is 4.24. The van der Waals surface area contributed by atoms with Gasteiger partial charge in [-0.1, -0.05) is 25.5 Å². The first-order valence-corrected chi connectivity index (χ1v) is 7.40. The van der Waals surface area contributed by atoms with Gasteiger partial charge in [0.05, 0.1) is 18.6 Å². The Morgan fingerprint density at radius 2 is 2.17 bits per heavy atom. The molecule has 1 aliphatic carbocycles. The van der Waals surface area contributed by atoms with Crippen LogP contribution in [0.25, 0.3) is 0 Å². The summed E-state index contributed by atoms with van der Waals surface area (Å²) in [6.45, 7) is 7.90. The number of hydrogen-bond donors (Lipinski definition) is 0. The van der Waals surface area contributed by atoms with Crippen molar-refractivity contribution >= 4 is 24.1 Å². The molecule has 0 bridgehead atoms. The maximum Gasteiger partial charge on any atom is 0.353 e. The zero-order chi connectivity index (χ0) is 17.4. The number of terminal acetylenes is 1. The van der Waals surface area contributed by atoms with Gasteiger partial charge in [-0.15, -0.1) is 12.3 Å². The number of aliphatic imine (C=N–C) groups is 1. The molecular weight excluding hydrogens is 296 g/mol. The largest absolute Gasteiger partial charge is 0.440 e. The highest BCUT2D eigenvalue weighted by molar-refractivity contribution is 6.35. The fourth-order valence-corrected chi connectivity index (χ4v) is 2.89. The van der Waals surface area contributed by atoms with Gasteiger partial charge in [0.2, 0.25) is 0 Å². The molecule has 0 saturated heterocycles. The van der Waals surface area contributed by atoms with Crippen molar-refractivity contribution < 1.29 is 19.1 Å². The molecule has 3 amide bonds. The number of carbonyl (C=O) groups excluding carboxylic acids is 3. The Morgan fingerprint density at radius 3 is 2.65 bits per heavy atom. The van der Waals surface area contributed by atoms with Crippen LogP contribution in [0.1, 0.15) is 34.1 Å². The zero-order valence-corrected chi connectivity index (χ0v) is 13.7. The van der Waals surface area contributed by atoms with E-state index in [0.717, 1.165) is 16.7 Å². The summed E-state index contributed by atoms with van der Waals surface area (Å²) < 4.78 is 5.38. The Balaban J connectivity index is 2.11. The van der Waals surface area contributed by atoms with Crippen molar-refractivity contribution in [1.29, 1.82) is 0 Å². The van der Waals surface area contributed by atoms with E-state index in [9.17, 15) is 14.4 Å². The van der Waals surface area contributed by atoms with E-state index in [0.29, 0.717) is 0 Å². The second-order valence-electron chi connectivity index (χ2n) is 6.62. The van der Waals surface area contributed by atoms with Crippen molar-refractivity contribution in [3.05, 3.63) is 11.6 Å². The van der Waals surface area contributed by atoms with E-state index in [1.807, 2.05) is 33.8 Å². The van der Waals surface area contributed by atoms with Crippen LogP contribution in [0.2, 0.25) is 0 Å². The number of hydrogen-bond acceptors (Lipinski definition) is 4. The lowest BCUT2D eigenvalue weighted by molar-refractivity contribution is -0.160. The monoisotopic (exact) mass is 316 g/mol. The summed E-state index contributed by atoms with van der Waals surface area (Å²) in [7, 11) is 0. The molecule has 0 spiro atoms. The van der Waals surface area contributed by atoms with Crippen LogP contribution in [-0.4, -0.2) is 35.3 Å². The van der Waals surface area contributed by atoms with Gasteiger partial charge in [0.1, 0.15) is 0 Å². The maximum atomic E-state index is 12.5. The number of ether oxygens (including phenoxy) is 1. The first-order chi connectivity index (χ1) is 10.7. The molecular formula is C17H20N2O4. The number of allylic oxidation sites excluding steroid dienone is 2. The molecule has 0 N–H and O–H groups in total. The highest BCUT2D eigenvalue weighted by Gasteiger charge is 2.61. The van der Waals surface area contributed by atoms with Crippen LogP contribution < -0.4 is 0 Å². The number of urea groups is 1. The number of esters is 1. The van der Waals surface area contributed by atoms with Crippen LogP contribution in [0.3, 0.4) is 0 Å². The van der Waals surface area contributed by atoms with Gasteiger partial charge >= 0.3 is 12.0 Å². The quantitative estimate of drug-likeness (QED) is 0.442. The smallest absolute Gasteiger partial charge is 0.353 e. The molecule has 1 fully saturated rings. The highest BCUT2D eigenvalue weighted by Crippen LogP contribution is 2.60. The fourth-order valence-electron chi connectivity index (χ4n) is 2.89. The second-order valence-corrected chi connectivity index (χ2v) is 6.62. The topological polar surface area (TPSA) is 76.0 Å². The summed E-state index contributed by atoms with van der Waals surface area (Å²) in [4.78, 5) is 40.0. The Hall–Kier alpha value is -2.42. The number of imide groups is 1. The molecule has 2 rings (SSSR count). The standard InChI is InChI=1S/C17H20N2O4/c1-6-7-13(19-12(20)9-18-16(19)22)23-15(21)14-11(8-10(2)3)17(14,4)5/h1,8-9,11,13-14H,7H2,2-5H3. The second kappa shape index (κ2) is 5.99. The van der Waals surface area contributed by atoms with Crippen molar-refractivity contribution in [1.82, 2.24) is 4.90 Å². The lowest BCUT2D eigenvalue weighted by Gasteiger charge is -2.23. The molecule has 6 heteroatoms. The van der Waals surface area contributed by atoms with Gasteiger partial charge in [0.15, 0.2) is 6.23 Å². The summed E-state index contributed by atoms with van der Waals surface area (Å²) in [5, 5.41) is 0. The third kappa shape index (κ3) is 3.19. The average Bonchev–Trinajstić information content (AvgIpc) is 2.78. The third-order valence-corrected chi connectivity index (χ3v) is 4.24. The van der Waals surface area contributed by atoms with Crippen molar-refractivity contribution in [2.45, 2.75) is 40.3 Å². The van der Waals surface area contributed by atoms with Gasteiger partial charge in [-0.2, -0.15) is 4.99 Å². The van der Waals surface area contributed by atoms with Crippen LogP contribution >= 0.6 is 0 Å². The first-order valence-electron chi connectivity index (χ1n) is 7.40. The van der Waals surface area contributed by atoms with Crippen molar-refractivity contribution in [2.24, 2.45) is 22.2 Å². The van der Waals surface area contributed by atoms with E-state index in [4.69, 9.17) is 11.2 Å². The minimum Gasteiger partial charge on any atom is -0.440 e. The van der Waals surface area contributed by atoms with Crippen LogP contribution in [0.15, 0.2) is 16.6 Å². The molecule has 1 heterocycles. The van der Waals surface area contributed by atoms with Gasteiger partial charge in [-0.25, -0.2) is 9.69 Å².